The number of aromatic carboxylic acids is 1. The van der Waals surface area contributed by atoms with E-state index >= 15 is 0 Å². The summed E-state index contributed by atoms with van der Waals surface area (Å²) in [5.74, 6) is -0.664. The Morgan fingerprint density at radius 3 is 2.71 bits per heavy atom. The van der Waals surface area contributed by atoms with E-state index in [1.807, 2.05) is 0 Å². The third-order valence-electron chi connectivity index (χ3n) is 1.63. The summed E-state index contributed by atoms with van der Waals surface area (Å²) in [4.78, 5) is 12.5. The standard InChI is InChI=1S/C8H12N4O2/c1-4-5-12-6(7(13)14)9-10-8(12)11(2)3/h4H,1,5H2,2-3H3,(H,13,14). The normalized spacial score (nSPS) is 9.86. The van der Waals surface area contributed by atoms with E-state index in [0.717, 1.165) is 0 Å². The van der Waals surface area contributed by atoms with Crippen molar-refractivity contribution in [2.75, 3.05) is 19.0 Å². The first-order valence-electron chi connectivity index (χ1n) is 4.02. The first-order chi connectivity index (χ1) is 6.57. The van der Waals surface area contributed by atoms with E-state index < -0.39 is 5.97 Å². The van der Waals surface area contributed by atoms with Crippen LogP contribution in [0.1, 0.15) is 10.6 Å². The summed E-state index contributed by atoms with van der Waals surface area (Å²) in [7, 11) is 3.55. The lowest BCUT2D eigenvalue weighted by atomic mass is 10.5. The van der Waals surface area contributed by atoms with Crippen LogP contribution in [0.2, 0.25) is 0 Å². The largest absolute Gasteiger partial charge is 0.475 e. The monoisotopic (exact) mass is 196 g/mol. The molecule has 0 aliphatic rings. The molecule has 1 N–H and O–H groups in total. The van der Waals surface area contributed by atoms with Crippen LogP contribution in [0.4, 0.5) is 5.95 Å². The highest BCUT2D eigenvalue weighted by Crippen LogP contribution is 2.10. The summed E-state index contributed by atoms with van der Waals surface area (Å²) in [5.41, 5.74) is 0. The van der Waals surface area contributed by atoms with Gasteiger partial charge >= 0.3 is 5.97 Å². The highest BCUT2D eigenvalue weighted by atomic mass is 16.4. The van der Waals surface area contributed by atoms with E-state index in [4.69, 9.17) is 5.11 Å². The molecular weight excluding hydrogens is 184 g/mol. The van der Waals surface area contributed by atoms with Gasteiger partial charge in [0.25, 0.3) is 0 Å². The van der Waals surface area contributed by atoms with Gasteiger partial charge in [-0.1, -0.05) is 6.08 Å². The second kappa shape index (κ2) is 3.91. The third kappa shape index (κ3) is 1.73. The number of allylic oxidation sites excluding steroid dienone is 1. The molecule has 0 aliphatic carbocycles. The number of nitrogens with zero attached hydrogens (tertiary/aromatic N) is 4. The molecule has 0 aromatic carbocycles. The third-order valence-corrected chi connectivity index (χ3v) is 1.63. The lowest BCUT2D eigenvalue weighted by molar-refractivity contribution is 0.0678. The molecule has 1 heterocycles. The van der Waals surface area contributed by atoms with Crippen LogP contribution in [0.5, 0.6) is 0 Å². The Balaban J connectivity index is 3.19. The first-order valence-corrected chi connectivity index (χ1v) is 4.02. The number of hydrogen-bond acceptors (Lipinski definition) is 4. The summed E-state index contributed by atoms with van der Waals surface area (Å²) in [6.07, 6.45) is 1.60. The predicted molar refractivity (Wildman–Crippen MR) is 51.5 cm³/mol. The zero-order valence-corrected chi connectivity index (χ0v) is 8.14. The Kier molecular flexibility index (Phi) is 2.85. The fourth-order valence-electron chi connectivity index (χ4n) is 1.08. The lowest BCUT2D eigenvalue weighted by Crippen LogP contribution is -2.17. The van der Waals surface area contributed by atoms with Gasteiger partial charge in [-0.3, -0.25) is 4.57 Å². The lowest BCUT2D eigenvalue weighted by Gasteiger charge is -2.12. The SMILES string of the molecule is C=CCn1c(C(=O)O)nnc1N(C)C. The van der Waals surface area contributed by atoms with Crippen LogP contribution in [0.15, 0.2) is 12.7 Å². The molecule has 0 saturated heterocycles. The molecule has 0 atom stereocenters. The van der Waals surface area contributed by atoms with Gasteiger partial charge in [-0.2, -0.15) is 0 Å². The van der Waals surface area contributed by atoms with Crippen molar-refractivity contribution >= 4 is 11.9 Å². The van der Waals surface area contributed by atoms with Crippen molar-refractivity contribution in [1.29, 1.82) is 0 Å². The maximum atomic E-state index is 10.8. The van der Waals surface area contributed by atoms with Crippen molar-refractivity contribution in [3.63, 3.8) is 0 Å². The molecule has 0 amide bonds. The van der Waals surface area contributed by atoms with Crippen molar-refractivity contribution in [2.24, 2.45) is 0 Å². The molecular formula is C8H12N4O2. The number of hydrogen-bond donors (Lipinski definition) is 1. The van der Waals surface area contributed by atoms with Gasteiger partial charge in [0, 0.05) is 20.6 Å². The minimum atomic E-state index is -1.09. The fraction of sp³-hybridized carbons (Fsp3) is 0.375. The van der Waals surface area contributed by atoms with Crippen LogP contribution < -0.4 is 4.90 Å². The number of carbonyl (C=O) groups is 1. The summed E-state index contributed by atoms with van der Waals surface area (Å²) in [6, 6.07) is 0. The van der Waals surface area contributed by atoms with E-state index in [0.29, 0.717) is 12.5 Å². The Hall–Kier alpha value is -1.85. The maximum absolute atomic E-state index is 10.8. The van der Waals surface area contributed by atoms with Crippen LogP contribution in [0.3, 0.4) is 0 Å². The van der Waals surface area contributed by atoms with Crippen molar-refractivity contribution in [1.82, 2.24) is 14.8 Å². The molecule has 6 nitrogen and oxygen atoms in total. The first kappa shape index (κ1) is 10.2. The molecule has 0 radical (unpaired) electrons. The molecule has 0 saturated carbocycles. The molecule has 1 rings (SSSR count). The zero-order valence-electron chi connectivity index (χ0n) is 8.14. The Bertz CT molecular complexity index is 356. The van der Waals surface area contributed by atoms with Gasteiger partial charge in [0.05, 0.1) is 0 Å². The molecule has 0 unspecified atom stereocenters. The van der Waals surface area contributed by atoms with Gasteiger partial charge in [-0.05, 0) is 0 Å². The topological polar surface area (TPSA) is 71.2 Å². The van der Waals surface area contributed by atoms with Gasteiger partial charge in [0.1, 0.15) is 0 Å². The van der Waals surface area contributed by atoms with Crippen molar-refractivity contribution < 1.29 is 9.90 Å². The minimum absolute atomic E-state index is 0.0754. The average molecular weight is 196 g/mol. The van der Waals surface area contributed by atoms with Gasteiger partial charge in [0.2, 0.25) is 11.8 Å². The van der Waals surface area contributed by atoms with Crippen LogP contribution >= 0.6 is 0 Å². The minimum Gasteiger partial charge on any atom is -0.475 e. The van der Waals surface area contributed by atoms with Gasteiger partial charge < -0.3 is 10.0 Å². The Morgan fingerprint density at radius 2 is 2.29 bits per heavy atom. The molecule has 6 heteroatoms. The number of rotatable bonds is 4. The Morgan fingerprint density at radius 1 is 1.64 bits per heavy atom. The maximum Gasteiger partial charge on any atom is 0.374 e. The molecule has 1 aromatic rings. The predicted octanol–water partition coefficient (Wildman–Crippen LogP) is 0.228. The van der Waals surface area contributed by atoms with Crippen LogP contribution in [0, 0.1) is 0 Å². The summed E-state index contributed by atoms with van der Waals surface area (Å²) >= 11 is 0. The molecule has 76 valence electrons. The Labute approximate surface area is 81.5 Å². The molecule has 0 aliphatic heterocycles. The highest BCUT2D eigenvalue weighted by molar-refractivity contribution is 5.83. The van der Waals surface area contributed by atoms with Gasteiger partial charge in [-0.25, -0.2) is 4.79 Å². The number of aromatic nitrogens is 3. The van der Waals surface area contributed by atoms with Gasteiger partial charge in [-0.15, -0.1) is 16.8 Å². The number of anilines is 1. The number of carboxylic acids is 1. The summed E-state index contributed by atoms with van der Waals surface area (Å²) in [5, 5.41) is 16.2. The second-order valence-corrected chi connectivity index (χ2v) is 2.92. The van der Waals surface area contributed by atoms with Crippen molar-refractivity contribution in [3.8, 4) is 0 Å². The van der Waals surface area contributed by atoms with E-state index in [9.17, 15) is 4.79 Å². The van der Waals surface area contributed by atoms with E-state index in [1.54, 1.807) is 25.1 Å². The fourth-order valence-corrected chi connectivity index (χ4v) is 1.08. The van der Waals surface area contributed by atoms with Crippen LogP contribution in [-0.2, 0) is 6.54 Å². The average Bonchev–Trinajstić information content (AvgIpc) is 2.48. The molecule has 0 spiro atoms. The molecule has 0 fully saturated rings. The molecule has 0 bridgehead atoms. The van der Waals surface area contributed by atoms with E-state index in [2.05, 4.69) is 16.8 Å². The second-order valence-electron chi connectivity index (χ2n) is 2.92. The van der Waals surface area contributed by atoms with E-state index in [-0.39, 0.29) is 5.82 Å². The van der Waals surface area contributed by atoms with E-state index in [1.165, 1.54) is 4.57 Å². The smallest absolute Gasteiger partial charge is 0.374 e. The number of carboxylic acid groups (broad SMARTS) is 1. The highest BCUT2D eigenvalue weighted by Gasteiger charge is 2.17. The van der Waals surface area contributed by atoms with Crippen LogP contribution in [-0.4, -0.2) is 39.9 Å². The summed E-state index contributed by atoms with van der Waals surface area (Å²) in [6.45, 7) is 3.93. The van der Waals surface area contributed by atoms with Gasteiger partial charge in [0.15, 0.2) is 0 Å². The van der Waals surface area contributed by atoms with Crippen molar-refractivity contribution in [3.05, 3.63) is 18.5 Å². The quantitative estimate of drug-likeness (QED) is 0.698. The molecule has 1 aromatic heterocycles. The zero-order chi connectivity index (χ0) is 10.7. The summed E-state index contributed by atoms with van der Waals surface area (Å²) < 4.78 is 1.48. The molecule has 14 heavy (non-hydrogen) atoms. The van der Waals surface area contributed by atoms with Crippen molar-refractivity contribution in [2.45, 2.75) is 6.54 Å². The van der Waals surface area contributed by atoms with Crippen LogP contribution in [0.25, 0.3) is 0 Å².